The molecule has 1 aliphatic heterocycles. The highest BCUT2D eigenvalue weighted by molar-refractivity contribution is 9.10. The van der Waals surface area contributed by atoms with Crippen LogP contribution in [0.15, 0.2) is 27.8 Å². The van der Waals surface area contributed by atoms with Crippen molar-refractivity contribution in [3.8, 4) is 6.07 Å². The molecule has 3 rings (SSSR count). The number of nitrogens with one attached hydrogen (secondary N) is 3. The number of ether oxygens (including phenoxy) is 1. The van der Waals surface area contributed by atoms with Crippen LogP contribution in [0.25, 0.3) is 0 Å². The van der Waals surface area contributed by atoms with Crippen LogP contribution in [0, 0.1) is 16.7 Å². The zero-order chi connectivity index (χ0) is 23.5. The van der Waals surface area contributed by atoms with E-state index in [-0.39, 0.29) is 11.5 Å². The van der Waals surface area contributed by atoms with Crippen molar-refractivity contribution in [3.05, 3.63) is 33.8 Å². The molecule has 1 fully saturated rings. The minimum absolute atomic E-state index is 0.116. The number of halogens is 1. The number of hydrogen-bond acceptors (Lipinski definition) is 6. The Morgan fingerprint density at radius 1 is 1.31 bits per heavy atom. The van der Waals surface area contributed by atoms with Crippen molar-refractivity contribution in [3.63, 3.8) is 0 Å². The van der Waals surface area contributed by atoms with Crippen LogP contribution in [0.5, 0.6) is 0 Å². The van der Waals surface area contributed by atoms with E-state index in [9.17, 15) is 19.6 Å². The first-order chi connectivity index (χ1) is 15.1. The van der Waals surface area contributed by atoms with E-state index in [0.717, 1.165) is 17.3 Å². The summed E-state index contributed by atoms with van der Waals surface area (Å²) in [6, 6.07) is 7.16. The van der Waals surface area contributed by atoms with Crippen molar-refractivity contribution in [1.82, 2.24) is 16.1 Å². The molecule has 1 atom stereocenters. The molecule has 9 nitrogen and oxygen atoms in total. The third-order valence-electron chi connectivity index (χ3n) is 6.20. The van der Waals surface area contributed by atoms with E-state index in [2.05, 4.69) is 50.1 Å². The first kappa shape index (κ1) is 23.7. The molecule has 1 heterocycles. The number of carbonyl (C=O) groups excluding carboxylic acids is 3. The van der Waals surface area contributed by atoms with E-state index < -0.39 is 23.5 Å². The van der Waals surface area contributed by atoms with E-state index in [1.807, 2.05) is 6.92 Å². The minimum atomic E-state index is -0.896. The van der Waals surface area contributed by atoms with Gasteiger partial charge >= 0.3 is 17.9 Å². The van der Waals surface area contributed by atoms with Crippen LogP contribution in [0.4, 0.5) is 4.79 Å². The van der Waals surface area contributed by atoms with Gasteiger partial charge in [0, 0.05) is 23.1 Å². The van der Waals surface area contributed by atoms with Crippen LogP contribution in [0.1, 0.15) is 57.1 Å². The van der Waals surface area contributed by atoms with E-state index in [1.165, 1.54) is 7.05 Å². The molecule has 0 radical (unpaired) electrons. The highest BCUT2D eigenvalue weighted by Crippen LogP contribution is 2.47. The number of amides is 3. The second kappa shape index (κ2) is 9.28. The second-order valence-electron chi connectivity index (χ2n) is 8.73. The molecule has 1 aliphatic carbocycles. The van der Waals surface area contributed by atoms with Crippen molar-refractivity contribution in [2.45, 2.75) is 57.6 Å². The molecule has 1 saturated carbocycles. The maximum atomic E-state index is 12.1. The SMILES string of the molecule is CNC(=O)C(=O)N[C@@H](C)CC1(C)CCC2(CC1)OC(=O)NN=C2c1cc(C#N)ccc1Br. The summed E-state index contributed by atoms with van der Waals surface area (Å²) in [6.07, 6.45) is 2.64. The van der Waals surface area contributed by atoms with Gasteiger partial charge < -0.3 is 15.4 Å². The smallest absolute Gasteiger partial charge is 0.428 e. The standard InChI is InChI=1S/C22H26BrN5O4/c1-13(26-19(30)18(29)25-3)11-21(2)6-8-22(9-7-21)17(27-28-20(31)32-22)15-10-14(12-24)4-5-16(15)23/h4-5,10,13H,6-9,11H2,1-3H3,(H,25,29)(H,26,30)(H,28,31)/t13-,21?,22?/m0/s1. The van der Waals surface area contributed by atoms with Crippen molar-refractivity contribution < 1.29 is 19.1 Å². The van der Waals surface area contributed by atoms with Crippen LogP contribution in [-0.2, 0) is 14.3 Å². The average molecular weight is 504 g/mol. The summed E-state index contributed by atoms with van der Waals surface area (Å²) >= 11 is 3.52. The Balaban J connectivity index is 1.78. The van der Waals surface area contributed by atoms with Gasteiger partial charge in [-0.3, -0.25) is 9.59 Å². The molecule has 0 aromatic heterocycles. The molecule has 0 saturated heterocycles. The number of nitrogens with zero attached hydrogens (tertiary/aromatic N) is 2. The zero-order valence-electron chi connectivity index (χ0n) is 18.3. The quantitative estimate of drug-likeness (QED) is 0.543. The summed E-state index contributed by atoms with van der Waals surface area (Å²) < 4.78 is 6.57. The fourth-order valence-electron chi connectivity index (χ4n) is 4.53. The third-order valence-corrected chi connectivity index (χ3v) is 6.90. The first-order valence-corrected chi connectivity index (χ1v) is 11.2. The molecule has 0 bridgehead atoms. The number of hydrogen-bond donors (Lipinski definition) is 3. The second-order valence-corrected chi connectivity index (χ2v) is 9.59. The summed E-state index contributed by atoms with van der Waals surface area (Å²) in [7, 11) is 1.42. The van der Waals surface area contributed by atoms with Gasteiger partial charge in [-0.1, -0.05) is 22.9 Å². The molecular formula is C22H26BrN5O4. The number of nitriles is 1. The monoisotopic (exact) mass is 503 g/mol. The normalized spacial score (nSPS) is 25.6. The summed E-state index contributed by atoms with van der Waals surface area (Å²) in [6.45, 7) is 4.01. The van der Waals surface area contributed by atoms with Crippen molar-refractivity contribution in [1.29, 1.82) is 5.26 Å². The summed E-state index contributed by atoms with van der Waals surface area (Å²) in [4.78, 5) is 35.4. The molecule has 3 N–H and O–H groups in total. The Morgan fingerprint density at radius 2 is 2.00 bits per heavy atom. The molecule has 32 heavy (non-hydrogen) atoms. The van der Waals surface area contributed by atoms with E-state index in [1.54, 1.807) is 18.2 Å². The maximum Gasteiger partial charge on any atom is 0.428 e. The number of benzene rings is 1. The Labute approximate surface area is 195 Å². The van der Waals surface area contributed by atoms with Crippen LogP contribution >= 0.6 is 15.9 Å². The van der Waals surface area contributed by atoms with Gasteiger partial charge in [0.1, 0.15) is 5.71 Å². The predicted molar refractivity (Wildman–Crippen MR) is 121 cm³/mol. The van der Waals surface area contributed by atoms with Crippen molar-refractivity contribution >= 4 is 39.5 Å². The van der Waals surface area contributed by atoms with Crippen LogP contribution in [0.2, 0.25) is 0 Å². The Morgan fingerprint density at radius 3 is 2.62 bits per heavy atom. The highest BCUT2D eigenvalue weighted by Gasteiger charge is 2.49. The number of hydrazone groups is 1. The highest BCUT2D eigenvalue weighted by atomic mass is 79.9. The van der Waals surface area contributed by atoms with Gasteiger partial charge in [0.05, 0.1) is 11.6 Å². The maximum absolute atomic E-state index is 12.1. The molecule has 10 heteroatoms. The van der Waals surface area contributed by atoms with Crippen molar-refractivity contribution in [2.75, 3.05) is 7.05 Å². The molecule has 3 amide bonds. The molecule has 170 valence electrons. The lowest BCUT2D eigenvalue weighted by Crippen LogP contribution is -2.54. The molecule has 1 aromatic rings. The lowest BCUT2D eigenvalue weighted by molar-refractivity contribution is -0.139. The van der Waals surface area contributed by atoms with Gasteiger partial charge in [-0.25, -0.2) is 10.2 Å². The van der Waals surface area contributed by atoms with E-state index in [4.69, 9.17) is 4.74 Å². The fourth-order valence-corrected chi connectivity index (χ4v) is 4.96. The van der Waals surface area contributed by atoms with Gasteiger partial charge in [0.15, 0.2) is 5.60 Å². The predicted octanol–water partition coefficient (Wildman–Crippen LogP) is 2.72. The lowest BCUT2D eigenvalue weighted by Gasteiger charge is -2.46. The molecule has 1 spiro atoms. The summed E-state index contributed by atoms with van der Waals surface area (Å²) in [5, 5.41) is 18.7. The van der Waals surface area contributed by atoms with Crippen LogP contribution in [-0.4, -0.2) is 42.3 Å². The van der Waals surface area contributed by atoms with Crippen molar-refractivity contribution in [2.24, 2.45) is 10.5 Å². The van der Waals surface area contributed by atoms with Gasteiger partial charge in [-0.2, -0.15) is 10.4 Å². The average Bonchev–Trinajstić information content (AvgIpc) is 2.76. The summed E-state index contributed by atoms with van der Waals surface area (Å²) in [5.41, 5.74) is 3.16. The third kappa shape index (κ3) is 4.93. The van der Waals surface area contributed by atoms with Crippen LogP contribution in [0.3, 0.4) is 0 Å². The van der Waals surface area contributed by atoms with Gasteiger partial charge in [0.2, 0.25) is 0 Å². The van der Waals surface area contributed by atoms with Gasteiger partial charge in [-0.15, -0.1) is 0 Å². The molecule has 1 aromatic carbocycles. The Kier molecular flexibility index (Phi) is 6.88. The molecule has 0 unspecified atom stereocenters. The number of rotatable bonds is 4. The number of likely N-dealkylation sites (N-methyl/N-ethyl adjacent to an activating group) is 1. The van der Waals surface area contributed by atoms with Gasteiger partial charge in [0.25, 0.3) is 0 Å². The zero-order valence-corrected chi connectivity index (χ0v) is 19.8. The fraction of sp³-hybridized carbons (Fsp3) is 0.500. The lowest BCUT2D eigenvalue weighted by atomic mass is 9.65. The van der Waals surface area contributed by atoms with Crippen LogP contribution < -0.4 is 16.1 Å². The van der Waals surface area contributed by atoms with E-state index in [0.29, 0.717) is 36.1 Å². The summed E-state index contributed by atoms with van der Waals surface area (Å²) in [5.74, 6) is -1.32. The topological polar surface area (TPSA) is 133 Å². The molecule has 2 aliphatic rings. The largest absolute Gasteiger partial charge is 0.435 e. The first-order valence-electron chi connectivity index (χ1n) is 10.4. The Hall–Kier alpha value is -2.93. The Bertz CT molecular complexity index is 1010. The number of carbonyl (C=O) groups is 3. The van der Waals surface area contributed by atoms with Gasteiger partial charge in [-0.05, 0) is 62.6 Å². The molecular weight excluding hydrogens is 478 g/mol. The van der Waals surface area contributed by atoms with E-state index >= 15 is 0 Å². The minimum Gasteiger partial charge on any atom is -0.435 e.